The summed E-state index contributed by atoms with van der Waals surface area (Å²) in [4.78, 5) is 11.9. The summed E-state index contributed by atoms with van der Waals surface area (Å²) < 4.78 is 0. The van der Waals surface area contributed by atoms with Crippen molar-refractivity contribution >= 4 is 5.97 Å². The van der Waals surface area contributed by atoms with E-state index < -0.39 is 11.4 Å². The predicted octanol–water partition coefficient (Wildman–Crippen LogP) is 3.32. The van der Waals surface area contributed by atoms with Gasteiger partial charge in [-0.2, -0.15) is 0 Å². The fourth-order valence-electron chi connectivity index (χ4n) is 3.89. The molecule has 17 heavy (non-hydrogen) atoms. The number of hydrogen-bond acceptors (Lipinski definition) is 1. The molecule has 0 spiro atoms. The van der Waals surface area contributed by atoms with E-state index in [4.69, 9.17) is 0 Å². The minimum Gasteiger partial charge on any atom is -0.481 e. The van der Waals surface area contributed by atoms with Gasteiger partial charge in [0.2, 0.25) is 0 Å². The monoisotopic (exact) mass is 230 g/mol. The molecule has 0 aliphatic heterocycles. The summed E-state index contributed by atoms with van der Waals surface area (Å²) in [6.45, 7) is 0. The number of carboxylic acids is 1. The lowest BCUT2D eigenvalue weighted by molar-refractivity contribution is -0.158. The van der Waals surface area contributed by atoms with Gasteiger partial charge in [-0.05, 0) is 30.8 Å². The summed E-state index contributed by atoms with van der Waals surface area (Å²) in [5.41, 5.74) is 0.692. The molecule has 0 saturated heterocycles. The Labute approximate surface area is 102 Å². The Morgan fingerprint density at radius 2 is 2.29 bits per heavy atom. The van der Waals surface area contributed by atoms with E-state index in [0.717, 1.165) is 25.7 Å². The number of rotatable bonds is 1. The molecular weight excluding hydrogens is 212 g/mol. The molecule has 0 amide bonds. The number of carbonyl (C=O) groups is 1. The van der Waals surface area contributed by atoms with Gasteiger partial charge in [-0.15, -0.1) is 0 Å². The molecule has 1 N–H and O–H groups in total. The van der Waals surface area contributed by atoms with Crippen LogP contribution in [0.3, 0.4) is 0 Å². The maximum Gasteiger partial charge on any atom is 0.310 e. The van der Waals surface area contributed by atoms with Crippen molar-refractivity contribution in [2.24, 2.45) is 17.3 Å². The van der Waals surface area contributed by atoms with Crippen LogP contribution in [0.1, 0.15) is 32.1 Å². The van der Waals surface area contributed by atoms with Crippen LogP contribution in [0.4, 0.5) is 0 Å². The van der Waals surface area contributed by atoms with E-state index in [1.54, 1.807) is 0 Å². The van der Waals surface area contributed by atoms with Gasteiger partial charge >= 0.3 is 5.97 Å². The fraction of sp³-hybridized carbons (Fsp3) is 0.533. The lowest BCUT2D eigenvalue weighted by atomic mass is 9.54. The summed E-state index contributed by atoms with van der Waals surface area (Å²) >= 11 is 0. The third-order valence-corrected chi connectivity index (χ3v) is 4.76. The summed E-state index contributed by atoms with van der Waals surface area (Å²) in [7, 11) is 0. The van der Waals surface area contributed by atoms with Gasteiger partial charge in [0.1, 0.15) is 0 Å². The highest BCUT2D eigenvalue weighted by molar-refractivity contribution is 5.78. The Morgan fingerprint density at radius 3 is 3.12 bits per heavy atom. The Balaban J connectivity index is 2.09. The van der Waals surface area contributed by atoms with Crippen LogP contribution in [0, 0.1) is 17.3 Å². The van der Waals surface area contributed by atoms with E-state index in [2.05, 4.69) is 30.4 Å². The number of aliphatic carboxylic acids is 1. The fourth-order valence-corrected chi connectivity index (χ4v) is 3.89. The summed E-state index contributed by atoms with van der Waals surface area (Å²) in [6.07, 6.45) is 15.6. The van der Waals surface area contributed by atoms with Crippen LogP contribution in [-0.4, -0.2) is 11.1 Å². The number of hydrogen-bond donors (Lipinski definition) is 1. The van der Waals surface area contributed by atoms with Crippen LogP contribution in [-0.2, 0) is 4.79 Å². The minimum absolute atomic E-state index is 0.195. The second kappa shape index (κ2) is 3.86. The van der Waals surface area contributed by atoms with Gasteiger partial charge in [-0.3, -0.25) is 4.79 Å². The first-order valence-corrected chi connectivity index (χ1v) is 6.53. The van der Waals surface area contributed by atoms with Crippen LogP contribution in [0.5, 0.6) is 0 Å². The van der Waals surface area contributed by atoms with Crippen molar-refractivity contribution in [2.75, 3.05) is 0 Å². The lowest BCUT2D eigenvalue weighted by Gasteiger charge is -2.48. The number of allylic oxidation sites excluding steroid dienone is 6. The molecule has 1 saturated carbocycles. The van der Waals surface area contributed by atoms with Crippen LogP contribution in [0.25, 0.3) is 0 Å². The second-order valence-corrected chi connectivity index (χ2v) is 5.44. The zero-order chi connectivity index (χ0) is 11.9. The smallest absolute Gasteiger partial charge is 0.310 e. The Bertz CT molecular complexity index is 430. The molecule has 2 nitrogen and oxygen atoms in total. The first-order chi connectivity index (χ1) is 8.25. The van der Waals surface area contributed by atoms with Gasteiger partial charge in [0.05, 0.1) is 5.41 Å². The van der Waals surface area contributed by atoms with E-state index in [1.807, 2.05) is 0 Å². The lowest BCUT2D eigenvalue weighted by Crippen LogP contribution is -2.48. The van der Waals surface area contributed by atoms with Gasteiger partial charge in [0.15, 0.2) is 0 Å². The number of fused-ring (bicyclic) bond motifs is 3. The maximum atomic E-state index is 11.9. The van der Waals surface area contributed by atoms with Gasteiger partial charge < -0.3 is 5.11 Å². The molecule has 0 aromatic rings. The van der Waals surface area contributed by atoms with E-state index >= 15 is 0 Å². The normalized spacial score (nSPS) is 39.2. The van der Waals surface area contributed by atoms with E-state index in [1.165, 1.54) is 12.0 Å². The molecule has 2 heteroatoms. The van der Waals surface area contributed by atoms with Crippen LogP contribution >= 0.6 is 0 Å². The van der Waals surface area contributed by atoms with Gasteiger partial charge in [0.25, 0.3) is 0 Å². The quantitative estimate of drug-likeness (QED) is 0.750. The molecule has 3 atom stereocenters. The molecule has 3 rings (SSSR count). The molecule has 0 aromatic carbocycles. The van der Waals surface area contributed by atoms with Crippen molar-refractivity contribution < 1.29 is 9.90 Å². The molecule has 3 unspecified atom stereocenters. The topological polar surface area (TPSA) is 37.3 Å². The highest BCUT2D eigenvalue weighted by Gasteiger charge is 2.53. The van der Waals surface area contributed by atoms with E-state index in [9.17, 15) is 9.90 Å². The van der Waals surface area contributed by atoms with Crippen molar-refractivity contribution in [1.82, 2.24) is 0 Å². The van der Waals surface area contributed by atoms with Crippen molar-refractivity contribution in [2.45, 2.75) is 32.1 Å². The van der Waals surface area contributed by atoms with Crippen molar-refractivity contribution in [3.05, 3.63) is 36.0 Å². The van der Waals surface area contributed by atoms with Crippen LogP contribution in [0.2, 0.25) is 0 Å². The predicted molar refractivity (Wildman–Crippen MR) is 66.5 cm³/mol. The Kier molecular flexibility index (Phi) is 2.46. The zero-order valence-corrected chi connectivity index (χ0v) is 9.93. The summed E-state index contributed by atoms with van der Waals surface area (Å²) in [5, 5.41) is 9.78. The van der Waals surface area contributed by atoms with Gasteiger partial charge in [-0.1, -0.05) is 43.2 Å². The summed E-state index contributed by atoms with van der Waals surface area (Å²) in [5.74, 6) is -0.152. The molecule has 3 aliphatic carbocycles. The van der Waals surface area contributed by atoms with Crippen LogP contribution < -0.4 is 0 Å². The molecule has 0 radical (unpaired) electrons. The van der Waals surface area contributed by atoms with Crippen molar-refractivity contribution in [1.29, 1.82) is 0 Å². The first kappa shape index (κ1) is 10.8. The highest BCUT2D eigenvalue weighted by atomic mass is 16.4. The minimum atomic E-state index is -0.585. The first-order valence-electron chi connectivity index (χ1n) is 6.53. The molecular formula is C15H18O2. The average Bonchev–Trinajstić information content (AvgIpc) is 2.38. The van der Waals surface area contributed by atoms with E-state index in [-0.39, 0.29) is 11.8 Å². The molecule has 90 valence electrons. The molecule has 3 aliphatic rings. The van der Waals surface area contributed by atoms with E-state index in [0.29, 0.717) is 0 Å². The molecule has 0 bridgehead atoms. The second-order valence-electron chi connectivity index (χ2n) is 5.44. The SMILES string of the molecule is O=C(O)C12CCCCC1C=CC1=CC=CCC12. The van der Waals surface area contributed by atoms with Crippen molar-refractivity contribution in [3.63, 3.8) is 0 Å². The molecule has 1 fully saturated rings. The number of carboxylic acid groups (broad SMARTS) is 1. The van der Waals surface area contributed by atoms with Crippen LogP contribution in [0.15, 0.2) is 36.0 Å². The van der Waals surface area contributed by atoms with Gasteiger partial charge in [0, 0.05) is 5.92 Å². The summed E-state index contributed by atoms with van der Waals surface area (Å²) in [6, 6.07) is 0. The maximum absolute atomic E-state index is 11.9. The molecule has 0 aromatic heterocycles. The highest BCUT2D eigenvalue weighted by Crippen LogP contribution is 2.54. The standard InChI is InChI=1S/C15H18O2/c16-14(17)15-10-4-3-6-12(15)9-8-11-5-1-2-7-13(11)15/h1-2,5,8-9,12-13H,3-4,6-7,10H2,(H,16,17). The Morgan fingerprint density at radius 1 is 1.41 bits per heavy atom. The average molecular weight is 230 g/mol. The zero-order valence-electron chi connectivity index (χ0n) is 9.93. The molecule has 0 heterocycles. The van der Waals surface area contributed by atoms with Gasteiger partial charge in [-0.25, -0.2) is 0 Å². The Hall–Kier alpha value is -1.31. The van der Waals surface area contributed by atoms with Crippen molar-refractivity contribution in [3.8, 4) is 0 Å². The third kappa shape index (κ3) is 1.43. The third-order valence-electron chi connectivity index (χ3n) is 4.76. The largest absolute Gasteiger partial charge is 0.481 e.